The number of rotatable bonds is 80. The molecular weight excluding hydrogens is 1320 g/mol. The smallest absolute Gasteiger partial charge is 0.462 e. The monoisotopic (exact) mass is 1480 g/mol. The van der Waals surface area contributed by atoms with Crippen molar-refractivity contribution in [1.82, 2.24) is 0 Å². The first-order valence-electron chi connectivity index (χ1n) is 42.3. The summed E-state index contributed by atoms with van der Waals surface area (Å²) in [6, 6.07) is 0. The van der Waals surface area contributed by atoms with Gasteiger partial charge in [-0.2, -0.15) is 0 Å². The Hall–Kier alpha value is -1.94. The van der Waals surface area contributed by atoms with Gasteiger partial charge in [0.2, 0.25) is 0 Å². The van der Waals surface area contributed by atoms with E-state index in [0.717, 1.165) is 108 Å². The lowest BCUT2D eigenvalue weighted by atomic mass is 10.0. The predicted octanol–water partition coefficient (Wildman–Crippen LogP) is 24.5. The Balaban J connectivity index is 5.23. The molecule has 0 aliphatic rings. The molecule has 0 aromatic carbocycles. The molecule has 17 nitrogen and oxygen atoms in total. The maximum atomic E-state index is 13.1. The first kappa shape index (κ1) is 99.1. The van der Waals surface area contributed by atoms with Crippen molar-refractivity contribution in [3.05, 3.63) is 0 Å². The molecule has 0 spiro atoms. The Bertz CT molecular complexity index is 1960. The van der Waals surface area contributed by atoms with Crippen LogP contribution >= 0.6 is 15.6 Å². The van der Waals surface area contributed by atoms with Gasteiger partial charge in [0.25, 0.3) is 0 Å². The zero-order valence-electron chi connectivity index (χ0n) is 66.4. The lowest BCUT2D eigenvalue weighted by molar-refractivity contribution is -0.161. The fourth-order valence-corrected chi connectivity index (χ4v) is 14.2. The lowest BCUT2D eigenvalue weighted by Crippen LogP contribution is -2.30. The van der Waals surface area contributed by atoms with E-state index in [1.165, 1.54) is 231 Å². The topological polar surface area (TPSA) is 237 Å². The average molecular weight is 1480 g/mol. The van der Waals surface area contributed by atoms with E-state index < -0.39 is 97.5 Å². The van der Waals surface area contributed by atoms with Gasteiger partial charge in [-0.05, 0) is 43.4 Å². The maximum absolute atomic E-state index is 13.1. The van der Waals surface area contributed by atoms with Gasteiger partial charge in [0, 0.05) is 25.7 Å². The van der Waals surface area contributed by atoms with Crippen molar-refractivity contribution < 1.29 is 80.2 Å². The Morgan fingerprint density at radius 1 is 0.267 bits per heavy atom. The van der Waals surface area contributed by atoms with E-state index in [0.29, 0.717) is 31.6 Å². The van der Waals surface area contributed by atoms with Crippen LogP contribution < -0.4 is 0 Å². The Labute approximate surface area is 619 Å². The van der Waals surface area contributed by atoms with Crippen LogP contribution in [0.3, 0.4) is 0 Å². The molecule has 0 saturated carbocycles. The third-order valence-electron chi connectivity index (χ3n) is 19.1. The molecule has 0 saturated heterocycles. The van der Waals surface area contributed by atoms with Crippen LogP contribution in [0.5, 0.6) is 0 Å². The number of esters is 4. The van der Waals surface area contributed by atoms with Crippen molar-refractivity contribution in [2.24, 2.45) is 17.8 Å². The highest BCUT2D eigenvalue weighted by atomic mass is 31.2. The van der Waals surface area contributed by atoms with E-state index in [4.69, 9.17) is 37.0 Å². The summed E-state index contributed by atoms with van der Waals surface area (Å²) in [5, 5.41) is 10.6. The van der Waals surface area contributed by atoms with Crippen LogP contribution in [0.15, 0.2) is 0 Å². The SMILES string of the molecule is CCCCCCCCCCCCCCCCCCC(=O)OC[C@H](COP(=O)(O)OC[C@@H](O)COP(=O)(O)OC[C@@H](COC(=O)CCCCCCCCCC(C)C)OC(=O)CCCCCCCCCCCCCC(C)C)OC(=O)CCCCCCCCCCCCCCCCCCCCC(C)C. The highest BCUT2D eigenvalue weighted by Gasteiger charge is 2.30. The van der Waals surface area contributed by atoms with Crippen molar-refractivity contribution in [1.29, 1.82) is 0 Å². The molecule has 5 atom stereocenters. The number of carbonyl (C=O) groups is 4. The van der Waals surface area contributed by atoms with Crippen LogP contribution in [0.4, 0.5) is 0 Å². The summed E-state index contributed by atoms with van der Waals surface area (Å²) >= 11 is 0. The Morgan fingerprint density at radius 3 is 0.673 bits per heavy atom. The standard InChI is InChI=1S/C82H160O17P2/c1-8-9-10-11-12-13-14-15-16-22-25-30-35-42-49-56-63-79(84)92-69-77(98-81(86)65-58-51-43-36-31-26-23-20-18-17-19-21-24-28-33-39-46-53-60-73(2)3)71-96-100(88,89)94-67-76(83)68-95-101(90,91)97-72-78(70-93-80(85)64-57-50-45-38-41-48-55-62-75(6)7)99-82(87)66-59-52-44-37-32-27-29-34-40-47-54-61-74(4)5/h73-78,83H,8-72H2,1-7H3,(H,88,89)(H,90,91)/t76-,77-,78-/m1/s1. The molecule has 0 heterocycles. The number of aliphatic hydroxyl groups is 1. The second-order valence-corrected chi connectivity index (χ2v) is 33.8. The first-order chi connectivity index (χ1) is 48.7. The molecule has 0 aromatic heterocycles. The van der Waals surface area contributed by atoms with Crippen LogP contribution in [0, 0.1) is 17.8 Å². The molecule has 0 fully saturated rings. The molecule has 0 aliphatic carbocycles. The highest BCUT2D eigenvalue weighted by Crippen LogP contribution is 2.45. The summed E-state index contributed by atoms with van der Waals surface area (Å²) in [5.41, 5.74) is 0. The zero-order valence-corrected chi connectivity index (χ0v) is 68.2. The number of carbonyl (C=O) groups excluding carboxylic acids is 4. The second-order valence-electron chi connectivity index (χ2n) is 30.9. The summed E-state index contributed by atoms with van der Waals surface area (Å²) in [5.74, 6) is 0.180. The molecule has 19 heteroatoms. The zero-order chi connectivity index (χ0) is 74.4. The summed E-state index contributed by atoms with van der Waals surface area (Å²) < 4.78 is 68.7. The average Bonchev–Trinajstić information content (AvgIpc) is 0.919. The fourth-order valence-electron chi connectivity index (χ4n) is 12.7. The third-order valence-corrected chi connectivity index (χ3v) is 21.0. The minimum absolute atomic E-state index is 0.106. The Morgan fingerprint density at radius 2 is 0.455 bits per heavy atom. The molecule has 0 aromatic rings. The second kappa shape index (κ2) is 72.3. The van der Waals surface area contributed by atoms with Gasteiger partial charge in [-0.25, -0.2) is 9.13 Å². The number of phosphoric acid groups is 2. The highest BCUT2D eigenvalue weighted by molar-refractivity contribution is 7.47. The van der Waals surface area contributed by atoms with Crippen molar-refractivity contribution >= 4 is 39.5 Å². The molecule has 101 heavy (non-hydrogen) atoms. The number of ether oxygens (including phenoxy) is 4. The molecular formula is C82H160O17P2. The van der Waals surface area contributed by atoms with Crippen LogP contribution in [0.2, 0.25) is 0 Å². The van der Waals surface area contributed by atoms with Crippen LogP contribution in [0.1, 0.15) is 427 Å². The van der Waals surface area contributed by atoms with E-state index in [1.807, 2.05) is 0 Å². The van der Waals surface area contributed by atoms with Crippen LogP contribution in [-0.2, 0) is 65.4 Å². The molecule has 600 valence electrons. The molecule has 0 rings (SSSR count). The van der Waals surface area contributed by atoms with Crippen LogP contribution in [-0.4, -0.2) is 96.7 Å². The number of aliphatic hydroxyl groups excluding tert-OH is 1. The minimum Gasteiger partial charge on any atom is -0.462 e. The molecule has 2 unspecified atom stereocenters. The summed E-state index contributed by atoms with van der Waals surface area (Å²) in [4.78, 5) is 73.0. The molecule has 0 aliphatic heterocycles. The van der Waals surface area contributed by atoms with E-state index in [9.17, 15) is 43.2 Å². The lowest BCUT2D eigenvalue weighted by Gasteiger charge is -2.21. The van der Waals surface area contributed by atoms with E-state index in [-0.39, 0.29) is 25.7 Å². The summed E-state index contributed by atoms with van der Waals surface area (Å²) in [7, 11) is -9.92. The van der Waals surface area contributed by atoms with Gasteiger partial charge in [-0.1, -0.05) is 376 Å². The quantitative estimate of drug-likeness (QED) is 0.0222. The van der Waals surface area contributed by atoms with Gasteiger partial charge in [-0.15, -0.1) is 0 Å². The normalized spacial score (nSPS) is 14.0. The number of hydrogen-bond acceptors (Lipinski definition) is 15. The van der Waals surface area contributed by atoms with Gasteiger partial charge in [0.15, 0.2) is 12.2 Å². The molecule has 0 bridgehead atoms. The third kappa shape index (κ3) is 76.1. The first-order valence-corrected chi connectivity index (χ1v) is 45.3. The number of unbranched alkanes of at least 4 members (excludes halogenated alkanes) is 48. The van der Waals surface area contributed by atoms with Crippen molar-refractivity contribution in [2.45, 2.75) is 446 Å². The maximum Gasteiger partial charge on any atom is 0.472 e. The van der Waals surface area contributed by atoms with Crippen LogP contribution in [0.25, 0.3) is 0 Å². The molecule has 3 N–H and O–H groups in total. The van der Waals surface area contributed by atoms with Crippen molar-refractivity contribution in [3.63, 3.8) is 0 Å². The summed E-state index contributed by atoms with van der Waals surface area (Å²) in [6.07, 6.45) is 61.2. The molecule has 0 amide bonds. The number of phosphoric ester groups is 2. The summed E-state index contributed by atoms with van der Waals surface area (Å²) in [6.45, 7) is 11.9. The van der Waals surface area contributed by atoms with Gasteiger partial charge in [0.1, 0.15) is 19.3 Å². The van der Waals surface area contributed by atoms with Gasteiger partial charge >= 0.3 is 39.5 Å². The predicted molar refractivity (Wildman–Crippen MR) is 414 cm³/mol. The Kier molecular flexibility index (Phi) is 70.9. The van der Waals surface area contributed by atoms with Gasteiger partial charge in [-0.3, -0.25) is 37.3 Å². The minimum atomic E-state index is -4.96. The van der Waals surface area contributed by atoms with E-state index in [1.54, 1.807) is 0 Å². The van der Waals surface area contributed by atoms with Gasteiger partial charge < -0.3 is 33.8 Å². The van der Waals surface area contributed by atoms with Crippen molar-refractivity contribution in [2.75, 3.05) is 39.6 Å². The largest absolute Gasteiger partial charge is 0.472 e. The van der Waals surface area contributed by atoms with Gasteiger partial charge in [0.05, 0.1) is 26.4 Å². The van der Waals surface area contributed by atoms with E-state index in [2.05, 4.69) is 48.5 Å². The fraction of sp³-hybridized carbons (Fsp3) is 0.951. The molecule has 0 radical (unpaired) electrons. The number of hydrogen-bond donors (Lipinski definition) is 3. The van der Waals surface area contributed by atoms with Crippen molar-refractivity contribution in [3.8, 4) is 0 Å². The van der Waals surface area contributed by atoms with E-state index >= 15 is 0 Å².